The average molecular weight is 431 g/mol. The Kier molecular flexibility index (Phi) is 5.90. The third-order valence-corrected chi connectivity index (χ3v) is 8.26. The van der Waals surface area contributed by atoms with Gasteiger partial charge in [-0.1, -0.05) is 78.4 Å². The monoisotopic (exact) mass is 430 g/mol. The quantitative estimate of drug-likeness (QED) is 0.318. The number of phenolic OH excluding ortho intramolecular Hbond substituents is 1. The molecule has 0 saturated carbocycles. The van der Waals surface area contributed by atoms with E-state index in [9.17, 15) is 9.67 Å². The van der Waals surface area contributed by atoms with Gasteiger partial charge < -0.3 is 9.67 Å². The molecule has 0 fully saturated rings. The number of benzene rings is 4. The summed E-state index contributed by atoms with van der Waals surface area (Å²) in [6, 6.07) is 31.5. The summed E-state index contributed by atoms with van der Waals surface area (Å²) in [4.78, 5) is 0. The van der Waals surface area contributed by atoms with Crippen LogP contribution in [0.1, 0.15) is 11.1 Å². The third kappa shape index (κ3) is 4.26. The molecule has 148 valence electrons. The van der Waals surface area contributed by atoms with E-state index in [1.807, 2.05) is 66.7 Å². The molecule has 1 atom stereocenters. The maximum absolute atomic E-state index is 14.4. The van der Waals surface area contributed by atoms with Crippen LogP contribution >= 0.6 is 18.7 Å². The maximum atomic E-state index is 14.4. The zero-order valence-corrected chi connectivity index (χ0v) is 17.8. The molecular formula is C26H20ClO2P. The van der Waals surface area contributed by atoms with Crippen molar-refractivity contribution in [3.8, 4) is 5.75 Å². The fourth-order valence-corrected chi connectivity index (χ4v) is 6.04. The molecule has 1 N–H and O–H groups in total. The van der Waals surface area contributed by atoms with Crippen molar-refractivity contribution >= 4 is 46.8 Å². The summed E-state index contributed by atoms with van der Waals surface area (Å²) in [6.45, 7) is 0. The van der Waals surface area contributed by atoms with E-state index in [0.29, 0.717) is 15.6 Å². The first kappa shape index (κ1) is 20.2. The molecule has 0 aliphatic carbocycles. The summed E-state index contributed by atoms with van der Waals surface area (Å²) in [6.07, 6.45) is 4.08. The summed E-state index contributed by atoms with van der Waals surface area (Å²) >= 11 is 6.05. The normalized spacial score (nSPS) is 13.2. The fourth-order valence-electron chi connectivity index (χ4n) is 3.31. The summed E-state index contributed by atoms with van der Waals surface area (Å²) in [5.74, 6) is 0.141. The fraction of sp³-hybridized carbons (Fsp3) is 0. The molecule has 0 saturated heterocycles. The van der Waals surface area contributed by atoms with Gasteiger partial charge in [0.1, 0.15) is 5.75 Å². The van der Waals surface area contributed by atoms with Crippen molar-refractivity contribution in [1.82, 2.24) is 0 Å². The molecule has 30 heavy (non-hydrogen) atoms. The van der Waals surface area contributed by atoms with Crippen LogP contribution in [0.25, 0.3) is 12.2 Å². The van der Waals surface area contributed by atoms with Crippen molar-refractivity contribution in [2.45, 2.75) is 0 Å². The van der Waals surface area contributed by atoms with Gasteiger partial charge >= 0.3 is 0 Å². The first-order valence-electron chi connectivity index (χ1n) is 9.55. The van der Waals surface area contributed by atoms with Crippen LogP contribution < -0.4 is 15.9 Å². The number of aromatic hydroxyl groups is 1. The molecule has 2 nitrogen and oxygen atoms in total. The molecular weight excluding hydrogens is 411 g/mol. The number of hydrogen-bond donors (Lipinski definition) is 1. The van der Waals surface area contributed by atoms with Crippen molar-refractivity contribution in [1.29, 1.82) is 0 Å². The molecule has 4 aromatic rings. The zero-order chi connectivity index (χ0) is 21.0. The number of phenols is 1. The van der Waals surface area contributed by atoms with Gasteiger partial charge in [-0.15, -0.1) is 0 Å². The van der Waals surface area contributed by atoms with Crippen molar-refractivity contribution in [2.24, 2.45) is 0 Å². The van der Waals surface area contributed by atoms with Crippen LogP contribution in [0.5, 0.6) is 5.75 Å². The lowest BCUT2D eigenvalue weighted by molar-refractivity contribution is 0.475. The third-order valence-electron chi connectivity index (χ3n) is 4.93. The number of hydrogen-bond acceptors (Lipinski definition) is 2. The van der Waals surface area contributed by atoms with Crippen LogP contribution in [0.15, 0.2) is 103 Å². The molecule has 0 radical (unpaired) electrons. The lowest BCUT2D eigenvalue weighted by Crippen LogP contribution is -2.24. The van der Waals surface area contributed by atoms with Gasteiger partial charge in [0.25, 0.3) is 0 Å². The van der Waals surface area contributed by atoms with E-state index in [2.05, 4.69) is 0 Å². The Bertz CT molecular complexity index is 1150. The molecule has 0 aliphatic heterocycles. The first-order chi connectivity index (χ1) is 14.6. The second-order valence-electron chi connectivity index (χ2n) is 6.94. The van der Waals surface area contributed by atoms with Crippen molar-refractivity contribution in [3.63, 3.8) is 0 Å². The predicted octanol–water partition coefficient (Wildman–Crippen LogP) is 5.86. The molecule has 0 unspecified atom stereocenters. The Hall–Kier alpha value is -3.06. The van der Waals surface area contributed by atoms with Gasteiger partial charge in [0.05, 0.1) is 0 Å². The lowest BCUT2D eigenvalue weighted by Gasteiger charge is -2.20. The van der Waals surface area contributed by atoms with Crippen molar-refractivity contribution < 1.29 is 9.67 Å². The molecule has 0 amide bonds. The molecule has 0 aliphatic rings. The Balaban J connectivity index is 1.74. The molecule has 0 spiro atoms. The molecule has 0 bridgehead atoms. The van der Waals surface area contributed by atoms with E-state index in [-0.39, 0.29) is 5.75 Å². The van der Waals surface area contributed by atoms with Crippen molar-refractivity contribution in [3.05, 3.63) is 119 Å². The van der Waals surface area contributed by atoms with E-state index in [4.69, 9.17) is 11.6 Å². The second kappa shape index (κ2) is 8.75. The van der Waals surface area contributed by atoms with Gasteiger partial charge in [0.2, 0.25) is 0 Å². The topological polar surface area (TPSA) is 37.3 Å². The highest BCUT2D eigenvalue weighted by Gasteiger charge is 2.29. The van der Waals surface area contributed by atoms with E-state index < -0.39 is 7.14 Å². The first-order valence-corrected chi connectivity index (χ1v) is 11.6. The van der Waals surface area contributed by atoms with Gasteiger partial charge in [0, 0.05) is 20.9 Å². The van der Waals surface area contributed by atoms with Crippen molar-refractivity contribution in [2.75, 3.05) is 0 Å². The van der Waals surface area contributed by atoms with Crippen LogP contribution in [-0.2, 0) is 4.57 Å². The van der Waals surface area contributed by atoms with Crippen LogP contribution in [0.2, 0.25) is 5.02 Å². The second-order valence-corrected chi connectivity index (χ2v) is 10.1. The van der Waals surface area contributed by atoms with Gasteiger partial charge in [-0.25, -0.2) is 0 Å². The highest BCUT2D eigenvalue weighted by Crippen LogP contribution is 2.42. The minimum Gasteiger partial charge on any atom is -0.508 e. The molecule has 4 rings (SSSR count). The van der Waals surface area contributed by atoms with Gasteiger partial charge in [-0.3, -0.25) is 0 Å². The van der Waals surface area contributed by atoms with E-state index in [1.165, 1.54) is 0 Å². The summed E-state index contributed by atoms with van der Waals surface area (Å²) in [5.41, 5.74) is 2.15. The molecule has 0 aromatic heterocycles. The van der Waals surface area contributed by atoms with Gasteiger partial charge in [-0.2, -0.15) is 0 Å². The summed E-state index contributed by atoms with van der Waals surface area (Å²) in [7, 11) is -3.11. The Morgan fingerprint density at radius 2 is 1.03 bits per heavy atom. The highest BCUT2D eigenvalue weighted by molar-refractivity contribution is 7.85. The Labute approximate surface area is 181 Å². The lowest BCUT2D eigenvalue weighted by atomic mass is 10.1. The molecule has 4 aromatic carbocycles. The minimum absolute atomic E-state index is 0.141. The Morgan fingerprint density at radius 1 is 0.600 bits per heavy atom. The predicted molar refractivity (Wildman–Crippen MR) is 128 cm³/mol. The van der Waals surface area contributed by atoms with E-state index in [1.54, 1.807) is 48.5 Å². The summed E-state index contributed by atoms with van der Waals surface area (Å²) < 4.78 is 14.4. The smallest absolute Gasteiger partial charge is 0.171 e. The molecule has 4 heteroatoms. The average Bonchev–Trinajstić information content (AvgIpc) is 2.79. The van der Waals surface area contributed by atoms with Gasteiger partial charge in [0.15, 0.2) is 7.14 Å². The van der Waals surface area contributed by atoms with Crippen LogP contribution in [0.4, 0.5) is 0 Å². The minimum atomic E-state index is -3.11. The highest BCUT2D eigenvalue weighted by atomic mass is 35.5. The largest absolute Gasteiger partial charge is 0.508 e. The van der Waals surface area contributed by atoms with E-state index >= 15 is 0 Å². The SMILES string of the molecule is O=[P@](c1ccc(O)cc1)(c1ccc(Cl)cc1)c1ccc(/C=C/c2ccccc2)cc1. The number of halogens is 1. The maximum Gasteiger partial charge on any atom is 0.171 e. The van der Waals surface area contributed by atoms with Gasteiger partial charge in [-0.05, 0) is 59.7 Å². The van der Waals surface area contributed by atoms with Crippen LogP contribution in [0.3, 0.4) is 0 Å². The van der Waals surface area contributed by atoms with Crippen LogP contribution in [0, 0.1) is 0 Å². The zero-order valence-electron chi connectivity index (χ0n) is 16.2. The summed E-state index contributed by atoms with van der Waals surface area (Å²) in [5, 5.41) is 12.4. The Morgan fingerprint density at radius 3 is 1.57 bits per heavy atom. The van der Waals surface area contributed by atoms with Crippen LogP contribution in [-0.4, -0.2) is 5.11 Å². The number of rotatable bonds is 5. The standard InChI is InChI=1S/C26H20ClO2P/c27-22-10-16-25(17-11-22)30(29,26-18-12-23(28)13-19-26)24-14-8-21(9-15-24)7-6-20-4-2-1-3-5-20/h1-19,28H/b7-6+/t30-/m0/s1. The molecule has 0 heterocycles. The van der Waals surface area contributed by atoms with E-state index in [0.717, 1.165) is 16.4 Å².